The summed E-state index contributed by atoms with van der Waals surface area (Å²) < 4.78 is 0. The monoisotopic (exact) mass is 257 g/mol. The second kappa shape index (κ2) is 4.74. The third-order valence-electron chi connectivity index (χ3n) is 3.06. The minimum absolute atomic E-state index is 0.00552. The molecule has 0 saturated heterocycles. The second-order valence-electron chi connectivity index (χ2n) is 4.24. The molecule has 2 nitrogen and oxygen atoms in total. The molecule has 0 aromatic heterocycles. The van der Waals surface area contributed by atoms with Gasteiger partial charge in [-0.25, -0.2) is 0 Å². The van der Waals surface area contributed by atoms with Crippen LogP contribution in [-0.2, 0) is 0 Å². The number of Topliss-reactive ketones (excluding diaryl/α,β-unsaturated/α-hetero) is 1. The van der Waals surface area contributed by atoms with E-state index in [1.165, 1.54) is 0 Å². The molecule has 0 amide bonds. The Morgan fingerprint density at radius 3 is 2.69 bits per heavy atom. The SMILES string of the molecule is NC1CCC(C(=O)c2cccc(Cl)c2Cl)C1. The van der Waals surface area contributed by atoms with Gasteiger partial charge in [0.15, 0.2) is 5.78 Å². The zero-order valence-electron chi connectivity index (χ0n) is 8.75. The van der Waals surface area contributed by atoms with Crippen molar-refractivity contribution in [3.05, 3.63) is 33.8 Å². The van der Waals surface area contributed by atoms with Crippen LogP contribution in [0.25, 0.3) is 0 Å². The molecule has 1 aliphatic rings. The van der Waals surface area contributed by atoms with Crippen molar-refractivity contribution in [3.63, 3.8) is 0 Å². The van der Waals surface area contributed by atoms with E-state index in [9.17, 15) is 4.79 Å². The van der Waals surface area contributed by atoms with E-state index in [1.807, 2.05) is 0 Å². The van der Waals surface area contributed by atoms with E-state index in [2.05, 4.69) is 0 Å². The zero-order chi connectivity index (χ0) is 11.7. The summed E-state index contributed by atoms with van der Waals surface area (Å²) >= 11 is 11.9. The van der Waals surface area contributed by atoms with Gasteiger partial charge in [-0.3, -0.25) is 4.79 Å². The number of hydrogen-bond donors (Lipinski definition) is 1. The Balaban J connectivity index is 2.24. The van der Waals surface area contributed by atoms with Gasteiger partial charge < -0.3 is 5.73 Å². The molecule has 0 radical (unpaired) electrons. The molecule has 1 aromatic carbocycles. The number of rotatable bonds is 2. The molecule has 2 rings (SSSR count). The molecule has 0 bridgehead atoms. The first kappa shape index (κ1) is 11.9. The zero-order valence-corrected chi connectivity index (χ0v) is 10.3. The Morgan fingerprint density at radius 2 is 2.06 bits per heavy atom. The van der Waals surface area contributed by atoms with Gasteiger partial charge in [-0.1, -0.05) is 29.3 Å². The Morgan fingerprint density at radius 1 is 1.31 bits per heavy atom. The number of carbonyl (C=O) groups is 1. The fraction of sp³-hybridized carbons (Fsp3) is 0.417. The van der Waals surface area contributed by atoms with Gasteiger partial charge in [-0.2, -0.15) is 0 Å². The maximum Gasteiger partial charge on any atom is 0.167 e. The van der Waals surface area contributed by atoms with Crippen LogP contribution < -0.4 is 5.73 Å². The molecule has 0 aliphatic heterocycles. The van der Waals surface area contributed by atoms with Crippen LogP contribution in [0.15, 0.2) is 18.2 Å². The number of ketones is 1. The standard InChI is InChI=1S/C12H13Cl2NO/c13-10-3-1-2-9(11(10)14)12(16)7-4-5-8(15)6-7/h1-3,7-8H,4-6,15H2. The quantitative estimate of drug-likeness (QED) is 0.827. The van der Waals surface area contributed by atoms with Crippen molar-refractivity contribution in [1.82, 2.24) is 0 Å². The molecular weight excluding hydrogens is 245 g/mol. The summed E-state index contributed by atoms with van der Waals surface area (Å²) in [6.07, 6.45) is 2.51. The van der Waals surface area contributed by atoms with E-state index < -0.39 is 0 Å². The van der Waals surface area contributed by atoms with Crippen molar-refractivity contribution < 1.29 is 4.79 Å². The average molecular weight is 258 g/mol. The third-order valence-corrected chi connectivity index (χ3v) is 3.88. The van der Waals surface area contributed by atoms with Gasteiger partial charge in [0.25, 0.3) is 0 Å². The summed E-state index contributed by atoms with van der Waals surface area (Å²) in [5, 5.41) is 0.782. The maximum atomic E-state index is 12.2. The fourth-order valence-electron chi connectivity index (χ4n) is 2.17. The molecule has 86 valence electrons. The molecule has 0 heterocycles. The first-order valence-corrected chi connectivity index (χ1v) is 6.09. The van der Waals surface area contributed by atoms with Crippen molar-refractivity contribution in [2.45, 2.75) is 25.3 Å². The van der Waals surface area contributed by atoms with Crippen LogP contribution in [0.3, 0.4) is 0 Å². The lowest BCUT2D eigenvalue weighted by Crippen LogP contribution is -2.18. The summed E-state index contributed by atoms with van der Waals surface area (Å²) in [4.78, 5) is 12.2. The molecule has 2 unspecified atom stereocenters. The largest absolute Gasteiger partial charge is 0.328 e. The molecule has 1 fully saturated rings. The number of carbonyl (C=O) groups excluding carboxylic acids is 1. The van der Waals surface area contributed by atoms with Crippen LogP contribution >= 0.6 is 23.2 Å². The summed E-state index contributed by atoms with van der Waals surface area (Å²) in [7, 11) is 0. The molecule has 1 aromatic rings. The molecule has 16 heavy (non-hydrogen) atoms. The van der Waals surface area contributed by atoms with E-state index >= 15 is 0 Å². The van der Waals surface area contributed by atoms with E-state index in [4.69, 9.17) is 28.9 Å². The van der Waals surface area contributed by atoms with E-state index in [0.29, 0.717) is 15.6 Å². The topological polar surface area (TPSA) is 43.1 Å². The first-order valence-electron chi connectivity index (χ1n) is 5.33. The Labute approximate surface area is 105 Å². The van der Waals surface area contributed by atoms with Gasteiger partial charge in [0.05, 0.1) is 10.0 Å². The number of benzene rings is 1. The van der Waals surface area contributed by atoms with Gasteiger partial charge in [0, 0.05) is 17.5 Å². The highest BCUT2D eigenvalue weighted by atomic mass is 35.5. The number of hydrogen-bond acceptors (Lipinski definition) is 2. The van der Waals surface area contributed by atoms with Crippen molar-refractivity contribution >= 4 is 29.0 Å². The smallest absolute Gasteiger partial charge is 0.167 e. The van der Waals surface area contributed by atoms with Gasteiger partial charge in [-0.05, 0) is 31.4 Å². The van der Waals surface area contributed by atoms with Crippen molar-refractivity contribution in [2.24, 2.45) is 11.7 Å². The molecule has 1 aliphatic carbocycles. The number of nitrogens with two attached hydrogens (primary N) is 1. The van der Waals surface area contributed by atoms with E-state index in [1.54, 1.807) is 18.2 Å². The highest BCUT2D eigenvalue weighted by Gasteiger charge is 2.29. The van der Waals surface area contributed by atoms with Gasteiger partial charge in [-0.15, -0.1) is 0 Å². The van der Waals surface area contributed by atoms with Crippen LogP contribution in [0.5, 0.6) is 0 Å². The van der Waals surface area contributed by atoms with Crippen LogP contribution in [0.2, 0.25) is 10.0 Å². The predicted octanol–water partition coefficient (Wildman–Crippen LogP) is 3.30. The van der Waals surface area contributed by atoms with Crippen LogP contribution in [0.1, 0.15) is 29.6 Å². The molecule has 1 saturated carbocycles. The molecule has 2 N–H and O–H groups in total. The normalized spacial score (nSPS) is 24.7. The van der Waals surface area contributed by atoms with Crippen molar-refractivity contribution in [3.8, 4) is 0 Å². The lowest BCUT2D eigenvalue weighted by atomic mass is 9.96. The Hall–Kier alpha value is -0.570. The molecule has 4 heteroatoms. The highest BCUT2D eigenvalue weighted by molar-refractivity contribution is 6.43. The van der Waals surface area contributed by atoms with Crippen LogP contribution in [0, 0.1) is 5.92 Å². The number of halogens is 2. The van der Waals surface area contributed by atoms with Crippen molar-refractivity contribution in [2.75, 3.05) is 0 Å². The molecular formula is C12H13Cl2NO. The fourth-order valence-corrected chi connectivity index (χ4v) is 2.56. The Kier molecular flexibility index (Phi) is 3.53. The molecule has 2 atom stereocenters. The van der Waals surface area contributed by atoms with Crippen molar-refractivity contribution in [1.29, 1.82) is 0 Å². The van der Waals surface area contributed by atoms with Crippen LogP contribution in [-0.4, -0.2) is 11.8 Å². The van der Waals surface area contributed by atoms with E-state index in [-0.39, 0.29) is 17.7 Å². The summed E-state index contributed by atoms with van der Waals surface area (Å²) in [6.45, 7) is 0. The van der Waals surface area contributed by atoms with Gasteiger partial charge in [0.2, 0.25) is 0 Å². The second-order valence-corrected chi connectivity index (χ2v) is 5.02. The van der Waals surface area contributed by atoms with Gasteiger partial charge in [0.1, 0.15) is 0 Å². The third kappa shape index (κ3) is 2.24. The van der Waals surface area contributed by atoms with Crippen LogP contribution in [0.4, 0.5) is 0 Å². The Bertz CT molecular complexity index is 419. The summed E-state index contributed by atoms with van der Waals surface area (Å²) in [6, 6.07) is 5.30. The van der Waals surface area contributed by atoms with Gasteiger partial charge >= 0.3 is 0 Å². The minimum Gasteiger partial charge on any atom is -0.328 e. The first-order chi connectivity index (χ1) is 7.59. The predicted molar refractivity (Wildman–Crippen MR) is 66.1 cm³/mol. The summed E-state index contributed by atoms with van der Waals surface area (Å²) in [5.41, 5.74) is 6.32. The highest BCUT2D eigenvalue weighted by Crippen LogP contribution is 2.32. The lowest BCUT2D eigenvalue weighted by molar-refractivity contribution is 0.0922. The average Bonchev–Trinajstić information content (AvgIpc) is 2.68. The summed E-state index contributed by atoms with van der Waals surface area (Å²) in [5.74, 6) is 0.0754. The minimum atomic E-state index is 0.00552. The lowest BCUT2D eigenvalue weighted by Gasteiger charge is -2.10. The van der Waals surface area contributed by atoms with E-state index in [0.717, 1.165) is 19.3 Å². The maximum absolute atomic E-state index is 12.2. The molecule has 0 spiro atoms.